The summed E-state index contributed by atoms with van der Waals surface area (Å²) in [7, 11) is -2.99. The van der Waals surface area contributed by atoms with Gasteiger partial charge in [-0.2, -0.15) is 13.5 Å². The summed E-state index contributed by atoms with van der Waals surface area (Å²) in [5, 5.41) is 10.5. The van der Waals surface area contributed by atoms with E-state index < -0.39 is 33.0 Å². The average molecular weight is 563 g/mol. The Bertz CT molecular complexity index is 1500. The zero-order valence-electron chi connectivity index (χ0n) is 19.5. The number of rotatable bonds is 6. The zero-order valence-corrected chi connectivity index (χ0v) is 21.8. The van der Waals surface area contributed by atoms with Crippen molar-refractivity contribution < 1.29 is 22.2 Å². The molecule has 11 nitrogen and oxygen atoms in total. The fourth-order valence-corrected chi connectivity index (χ4v) is 5.02. The summed E-state index contributed by atoms with van der Waals surface area (Å²) in [6, 6.07) is 9.43. The molecule has 3 heterocycles. The number of pyridine rings is 2. The van der Waals surface area contributed by atoms with Gasteiger partial charge >= 0.3 is 10.1 Å². The van der Waals surface area contributed by atoms with Crippen LogP contribution in [0.15, 0.2) is 60.0 Å². The lowest BCUT2D eigenvalue weighted by molar-refractivity contribution is -0.117. The van der Waals surface area contributed by atoms with Gasteiger partial charge in [0, 0.05) is 37.0 Å². The van der Waals surface area contributed by atoms with E-state index in [9.17, 15) is 18.0 Å². The molecule has 0 saturated heterocycles. The summed E-state index contributed by atoms with van der Waals surface area (Å²) in [5.74, 6) is -1.23. The minimum absolute atomic E-state index is 0.0618. The van der Waals surface area contributed by atoms with Crippen LogP contribution in [0.4, 0.5) is 11.5 Å². The minimum Gasteiger partial charge on any atom is -0.357 e. The Morgan fingerprint density at radius 2 is 1.86 bits per heavy atom. The number of anilines is 2. The van der Waals surface area contributed by atoms with Gasteiger partial charge in [0.05, 0.1) is 16.3 Å². The molecule has 192 valence electrons. The Morgan fingerprint density at radius 3 is 2.54 bits per heavy atom. The molecule has 0 radical (unpaired) electrons. The summed E-state index contributed by atoms with van der Waals surface area (Å²) in [6.07, 6.45) is 2.43. The average Bonchev–Trinajstić information content (AvgIpc) is 3.32. The maximum atomic E-state index is 13.5. The van der Waals surface area contributed by atoms with Gasteiger partial charge in [0.2, 0.25) is 11.8 Å². The van der Waals surface area contributed by atoms with Gasteiger partial charge in [-0.3, -0.25) is 9.59 Å². The highest BCUT2D eigenvalue weighted by Gasteiger charge is 2.41. The van der Waals surface area contributed by atoms with Crippen molar-refractivity contribution in [1.29, 1.82) is 0 Å². The quantitative estimate of drug-likeness (QED) is 0.435. The van der Waals surface area contributed by atoms with Gasteiger partial charge in [-0.15, -0.1) is 0 Å². The number of hydrazone groups is 1. The Hall–Kier alpha value is -3.74. The molecule has 2 amide bonds. The number of aromatic nitrogens is 2. The molecule has 0 aliphatic carbocycles. The first-order valence-electron chi connectivity index (χ1n) is 10.8. The van der Waals surface area contributed by atoms with Crippen LogP contribution >= 0.6 is 23.2 Å². The summed E-state index contributed by atoms with van der Waals surface area (Å²) in [4.78, 5) is 34.0. The highest BCUT2D eigenvalue weighted by Crippen LogP contribution is 2.32. The van der Waals surface area contributed by atoms with Gasteiger partial charge in [-0.05, 0) is 42.8 Å². The highest BCUT2D eigenvalue weighted by atomic mass is 35.5. The van der Waals surface area contributed by atoms with E-state index in [1.54, 1.807) is 31.2 Å². The third-order valence-corrected chi connectivity index (χ3v) is 7.01. The monoisotopic (exact) mass is 562 g/mol. The van der Waals surface area contributed by atoms with E-state index in [0.717, 1.165) is 5.01 Å². The lowest BCUT2D eigenvalue weighted by Gasteiger charge is -2.23. The third kappa shape index (κ3) is 5.66. The fraction of sp³-hybridized carbons (Fsp3) is 0.174. The molecule has 1 aliphatic heterocycles. The maximum Gasteiger partial charge on any atom is 0.356 e. The van der Waals surface area contributed by atoms with Gasteiger partial charge in [0.25, 0.3) is 5.91 Å². The first-order chi connectivity index (χ1) is 17.6. The first-order valence-corrected chi connectivity index (χ1v) is 12.9. The molecule has 1 aliphatic rings. The number of aryl methyl sites for hydroxylation is 1. The van der Waals surface area contributed by atoms with Crippen molar-refractivity contribution in [1.82, 2.24) is 15.3 Å². The standard InChI is InChI=1S/C23H20Cl2N6O5S/c1-13-10-14(24)11-15(22(32)26-2)20(13)29-23(33)17-12-19(30-31(17)21-16(25)6-5-9-28-21)37(34,35)36-18-7-3-4-8-27-18/h3-11,17H,12H2,1-2H3,(H,26,32)(H,29,33). The van der Waals surface area contributed by atoms with E-state index in [1.165, 1.54) is 37.6 Å². The molecule has 1 aromatic carbocycles. The predicted octanol–water partition coefficient (Wildman–Crippen LogP) is 3.39. The molecule has 0 bridgehead atoms. The first kappa shape index (κ1) is 26.3. The molecule has 37 heavy (non-hydrogen) atoms. The number of nitrogens with one attached hydrogen (secondary N) is 2. The number of hydrogen-bond acceptors (Lipinski definition) is 9. The van der Waals surface area contributed by atoms with Gasteiger partial charge in [-0.25, -0.2) is 15.0 Å². The highest BCUT2D eigenvalue weighted by molar-refractivity contribution is 8.02. The van der Waals surface area contributed by atoms with Crippen LogP contribution in [-0.2, 0) is 14.9 Å². The second-order valence-electron chi connectivity index (χ2n) is 7.79. The number of hydrogen-bond donors (Lipinski definition) is 2. The topological polar surface area (TPSA) is 143 Å². The Kier molecular flexibility index (Phi) is 7.62. The van der Waals surface area contributed by atoms with Crippen molar-refractivity contribution in [3.63, 3.8) is 0 Å². The van der Waals surface area contributed by atoms with Crippen LogP contribution in [-0.4, -0.2) is 48.3 Å². The lowest BCUT2D eigenvalue weighted by Crippen LogP contribution is -2.40. The van der Waals surface area contributed by atoms with Crippen molar-refractivity contribution in [2.45, 2.75) is 19.4 Å². The van der Waals surface area contributed by atoms with E-state index in [4.69, 9.17) is 27.4 Å². The second-order valence-corrected chi connectivity index (χ2v) is 10.2. The molecule has 0 spiro atoms. The van der Waals surface area contributed by atoms with Gasteiger partial charge in [-0.1, -0.05) is 29.3 Å². The molecule has 4 rings (SSSR count). The number of nitrogens with zero attached hydrogens (tertiary/aromatic N) is 4. The van der Waals surface area contributed by atoms with Crippen LogP contribution in [0, 0.1) is 6.92 Å². The normalized spacial score (nSPS) is 15.2. The molecule has 3 aromatic rings. The van der Waals surface area contributed by atoms with E-state index in [-0.39, 0.29) is 34.4 Å². The van der Waals surface area contributed by atoms with Crippen LogP contribution in [0.5, 0.6) is 5.88 Å². The smallest absolute Gasteiger partial charge is 0.356 e. The van der Waals surface area contributed by atoms with Crippen molar-refractivity contribution in [2.75, 3.05) is 17.4 Å². The molecule has 1 atom stereocenters. The zero-order chi connectivity index (χ0) is 26.7. The maximum absolute atomic E-state index is 13.5. The second kappa shape index (κ2) is 10.7. The fourth-order valence-electron chi connectivity index (χ4n) is 3.57. The number of carbonyl (C=O) groups excluding carboxylic acids is 2. The summed E-state index contributed by atoms with van der Waals surface area (Å²) < 4.78 is 31.1. The van der Waals surface area contributed by atoms with E-state index in [0.29, 0.717) is 10.6 Å². The number of halogens is 2. The van der Waals surface area contributed by atoms with Crippen LogP contribution < -0.4 is 19.8 Å². The number of carbonyl (C=O) groups is 2. The van der Waals surface area contributed by atoms with E-state index in [2.05, 4.69) is 25.7 Å². The molecular formula is C23H20Cl2N6O5S. The van der Waals surface area contributed by atoms with Crippen molar-refractivity contribution in [2.24, 2.45) is 5.10 Å². The van der Waals surface area contributed by atoms with Gasteiger partial charge in [0.15, 0.2) is 10.9 Å². The van der Waals surface area contributed by atoms with Crippen molar-refractivity contribution in [3.8, 4) is 5.88 Å². The molecule has 14 heteroatoms. The van der Waals surface area contributed by atoms with E-state index >= 15 is 0 Å². The molecule has 0 fully saturated rings. The van der Waals surface area contributed by atoms with Crippen LogP contribution in [0.3, 0.4) is 0 Å². The summed E-state index contributed by atoms with van der Waals surface area (Å²) in [6.45, 7) is 1.67. The molecule has 0 saturated carbocycles. The summed E-state index contributed by atoms with van der Waals surface area (Å²) in [5.41, 5.74) is 0.863. The minimum atomic E-state index is -4.43. The summed E-state index contributed by atoms with van der Waals surface area (Å²) >= 11 is 12.4. The number of amides is 2. The van der Waals surface area contributed by atoms with Crippen molar-refractivity contribution >= 4 is 61.7 Å². The molecular weight excluding hydrogens is 543 g/mol. The molecule has 2 N–H and O–H groups in total. The van der Waals surface area contributed by atoms with Gasteiger partial charge in [0.1, 0.15) is 6.04 Å². The molecule has 2 aromatic heterocycles. The Balaban J connectivity index is 1.70. The van der Waals surface area contributed by atoms with Crippen molar-refractivity contribution in [3.05, 3.63) is 76.0 Å². The lowest BCUT2D eigenvalue weighted by atomic mass is 10.1. The van der Waals surface area contributed by atoms with E-state index in [1.807, 2.05) is 0 Å². The Labute approximate surface area is 222 Å². The van der Waals surface area contributed by atoms with Crippen LogP contribution in [0.1, 0.15) is 22.3 Å². The number of benzene rings is 1. The van der Waals surface area contributed by atoms with Gasteiger partial charge < -0.3 is 14.8 Å². The molecule has 1 unspecified atom stereocenters. The third-order valence-electron chi connectivity index (χ3n) is 5.28. The largest absolute Gasteiger partial charge is 0.357 e. The van der Waals surface area contributed by atoms with Crippen LogP contribution in [0.2, 0.25) is 10.0 Å². The SMILES string of the molecule is CNC(=O)c1cc(Cl)cc(C)c1NC(=O)C1CC(S(=O)(=O)Oc2ccccn2)=NN1c1ncccc1Cl. The predicted molar refractivity (Wildman–Crippen MR) is 140 cm³/mol. The van der Waals surface area contributed by atoms with Crippen LogP contribution in [0.25, 0.3) is 0 Å². The Morgan fingerprint density at radius 1 is 1.11 bits per heavy atom.